The van der Waals surface area contributed by atoms with Crippen molar-refractivity contribution in [1.82, 2.24) is 0 Å². The lowest BCUT2D eigenvalue weighted by molar-refractivity contribution is 0.318. The van der Waals surface area contributed by atoms with Crippen LogP contribution in [0.5, 0.6) is 0 Å². The van der Waals surface area contributed by atoms with Gasteiger partial charge < -0.3 is 0 Å². The minimum Gasteiger partial charge on any atom is -0.151 e. The standard InChI is InChI=1S/C8H13NO/c1-5-2-6-3-7(5)8(4-6)9-10/h5-8H,2-4H2,1H3. The van der Waals surface area contributed by atoms with Crippen LogP contribution in [0.3, 0.4) is 0 Å². The molecule has 2 nitrogen and oxygen atoms in total. The Morgan fingerprint density at radius 2 is 2.10 bits per heavy atom. The molecule has 0 aromatic carbocycles. The summed E-state index contributed by atoms with van der Waals surface area (Å²) in [5, 5.41) is 3.17. The monoisotopic (exact) mass is 139 g/mol. The Labute approximate surface area is 61.0 Å². The highest BCUT2D eigenvalue weighted by Gasteiger charge is 2.44. The molecule has 0 spiro atoms. The summed E-state index contributed by atoms with van der Waals surface area (Å²) >= 11 is 0. The van der Waals surface area contributed by atoms with Crippen molar-refractivity contribution in [3.8, 4) is 0 Å². The van der Waals surface area contributed by atoms with E-state index in [9.17, 15) is 4.91 Å². The largest absolute Gasteiger partial charge is 0.151 e. The van der Waals surface area contributed by atoms with Gasteiger partial charge in [-0.15, -0.1) is 0 Å². The van der Waals surface area contributed by atoms with Crippen LogP contribution in [0.1, 0.15) is 26.2 Å². The first-order valence-corrected chi connectivity index (χ1v) is 4.13. The summed E-state index contributed by atoms with van der Waals surface area (Å²) in [5.74, 6) is 2.24. The molecule has 10 heavy (non-hydrogen) atoms. The van der Waals surface area contributed by atoms with Gasteiger partial charge in [0.25, 0.3) is 0 Å². The van der Waals surface area contributed by atoms with E-state index in [1.54, 1.807) is 0 Å². The zero-order valence-electron chi connectivity index (χ0n) is 6.29. The molecule has 0 saturated heterocycles. The fourth-order valence-electron chi connectivity index (χ4n) is 2.78. The number of hydrogen-bond donors (Lipinski definition) is 0. The van der Waals surface area contributed by atoms with E-state index in [2.05, 4.69) is 12.1 Å². The van der Waals surface area contributed by atoms with Crippen molar-refractivity contribution in [3.05, 3.63) is 4.91 Å². The van der Waals surface area contributed by atoms with Crippen molar-refractivity contribution >= 4 is 0 Å². The van der Waals surface area contributed by atoms with Crippen LogP contribution in [0.15, 0.2) is 5.18 Å². The number of rotatable bonds is 1. The second-order valence-electron chi connectivity index (χ2n) is 3.89. The summed E-state index contributed by atoms with van der Waals surface area (Å²) in [6.45, 7) is 2.25. The number of nitroso groups, excluding NO2 is 1. The summed E-state index contributed by atoms with van der Waals surface area (Å²) in [6.07, 6.45) is 3.70. The third-order valence-corrected chi connectivity index (χ3v) is 3.25. The maximum Gasteiger partial charge on any atom is 0.0953 e. The van der Waals surface area contributed by atoms with Gasteiger partial charge in [0.2, 0.25) is 0 Å². The first kappa shape index (κ1) is 6.32. The highest BCUT2D eigenvalue weighted by atomic mass is 16.3. The normalized spacial score (nSPS) is 51.7. The molecule has 0 heterocycles. The van der Waals surface area contributed by atoms with Gasteiger partial charge in [-0.25, -0.2) is 0 Å². The van der Waals surface area contributed by atoms with Gasteiger partial charge in [-0.05, 0) is 37.0 Å². The average Bonchev–Trinajstić information content (AvgIpc) is 2.44. The van der Waals surface area contributed by atoms with Crippen LogP contribution in [0.2, 0.25) is 0 Å². The number of hydrogen-bond acceptors (Lipinski definition) is 2. The zero-order chi connectivity index (χ0) is 7.14. The summed E-state index contributed by atoms with van der Waals surface area (Å²) in [7, 11) is 0. The molecule has 0 radical (unpaired) electrons. The van der Waals surface area contributed by atoms with Gasteiger partial charge in [0.05, 0.1) is 6.04 Å². The summed E-state index contributed by atoms with van der Waals surface area (Å²) < 4.78 is 0. The van der Waals surface area contributed by atoms with E-state index in [1.807, 2.05) is 0 Å². The second-order valence-corrected chi connectivity index (χ2v) is 3.89. The topological polar surface area (TPSA) is 29.4 Å². The molecule has 56 valence electrons. The molecule has 2 aliphatic carbocycles. The van der Waals surface area contributed by atoms with Crippen LogP contribution in [0.4, 0.5) is 0 Å². The van der Waals surface area contributed by atoms with E-state index in [4.69, 9.17) is 0 Å². The van der Waals surface area contributed by atoms with Crippen LogP contribution >= 0.6 is 0 Å². The predicted molar refractivity (Wildman–Crippen MR) is 39.6 cm³/mol. The molecule has 4 unspecified atom stereocenters. The van der Waals surface area contributed by atoms with Gasteiger partial charge in [0.1, 0.15) is 0 Å². The van der Waals surface area contributed by atoms with Crippen molar-refractivity contribution in [3.63, 3.8) is 0 Å². The van der Waals surface area contributed by atoms with E-state index in [0.717, 1.165) is 18.3 Å². The minimum atomic E-state index is 0.175. The molecule has 2 rings (SSSR count). The maximum atomic E-state index is 10.3. The second kappa shape index (κ2) is 2.04. The first-order chi connectivity index (χ1) is 4.81. The lowest BCUT2D eigenvalue weighted by Crippen LogP contribution is -2.20. The highest BCUT2D eigenvalue weighted by Crippen LogP contribution is 2.49. The van der Waals surface area contributed by atoms with Gasteiger partial charge in [0, 0.05) is 0 Å². The third-order valence-electron chi connectivity index (χ3n) is 3.25. The molecule has 2 aliphatic rings. The SMILES string of the molecule is CC1CC2CC(N=O)C1C2. The van der Waals surface area contributed by atoms with E-state index < -0.39 is 0 Å². The van der Waals surface area contributed by atoms with E-state index in [-0.39, 0.29) is 6.04 Å². The van der Waals surface area contributed by atoms with Crippen molar-refractivity contribution < 1.29 is 0 Å². The summed E-state index contributed by atoms with van der Waals surface area (Å²) in [6, 6.07) is 0.175. The van der Waals surface area contributed by atoms with Gasteiger partial charge in [-0.2, -0.15) is 4.91 Å². The highest BCUT2D eigenvalue weighted by molar-refractivity contribution is 4.97. The Hall–Kier alpha value is -0.400. The Kier molecular flexibility index (Phi) is 1.29. The molecule has 0 aliphatic heterocycles. The maximum absolute atomic E-state index is 10.3. The van der Waals surface area contributed by atoms with Crippen LogP contribution in [0.25, 0.3) is 0 Å². The molecular formula is C8H13NO. The molecule has 2 fully saturated rings. The van der Waals surface area contributed by atoms with Crippen molar-refractivity contribution in [1.29, 1.82) is 0 Å². The third kappa shape index (κ3) is 0.710. The van der Waals surface area contributed by atoms with Crippen LogP contribution in [0, 0.1) is 22.7 Å². The predicted octanol–water partition coefficient (Wildman–Crippen LogP) is 2.19. The number of nitrogens with zero attached hydrogens (tertiary/aromatic N) is 1. The van der Waals surface area contributed by atoms with Crippen molar-refractivity contribution in [2.75, 3.05) is 0 Å². The fraction of sp³-hybridized carbons (Fsp3) is 1.00. The van der Waals surface area contributed by atoms with Crippen LogP contribution in [-0.2, 0) is 0 Å². The molecule has 2 saturated carbocycles. The molecule has 2 heteroatoms. The average molecular weight is 139 g/mol. The molecular weight excluding hydrogens is 126 g/mol. The Morgan fingerprint density at radius 1 is 1.30 bits per heavy atom. The van der Waals surface area contributed by atoms with E-state index in [0.29, 0.717) is 5.92 Å². The molecule has 4 atom stereocenters. The molecule has 0 N–H and O–H groups in total. The van der Waals surface area contributed by atoms with Gasteiger partial charge in [0.15, 0.2) is 0 Å². The molecule has 0 aromatic heterocycles. The fourth-order valence-corrected chi connectivity index (χ4v) is 2.78. The Bertz CT molecular complexity index is 157. The summed E-state index contributed by atoms with van der Waals surface area (Å²) in [5.41, 5.74) is 0. The van der Waals surface area contributed by atoms with Gasteiger partial charge in [-0.3, -0.25) is 0 Å². The van der Waals surface area contributed by atoms with Gasteiger partial charge >= 0.3 is 0 Å². The summed E-state index contributed by atoms with van der Waals surface area (Å²) in [4.78, 5) is 10.3. The Morgan fingerprint density at radius 3 is 2.50 bits per heavy atom. The number of fused-ring (bicyclic) bond motifs is 2. The van der Waals surface area contributed by atoms with E-state index in [1.165, 1.54) is 12.8 Å². The van der Waals surface area contributed by atoms with Crippen LogP contribution < -0.4 is 0 Å². The first-order valence-electron chi connectivity index (χ1n) is 4.13. The van der Waals surface area contributed by atoms with Gasteiger partial charge in [-0.1, -0.05) is 12.1 Å². The molecule has 0 aromatic rings. The zero-order valence-corrected chi connectivity index (χ0v) is 6.29. The minimum absolute atomic E-state index is 0.175. The lowest BCUT2D eigenvalue weighted by Gasteiger charge is -2.20. The van der Waals surface area contributed by atoms with Crippen molar-refractivity contribution in [2.24, 2.45) is 22.9 Å². The lowest BCUT2D eigenvalue weighted by atomic mass is 9.87. The van der Waals surface area contributed by atoms with Crippen molar-refractivity contribution in [2.45, 2.75) is 32.2 Å². The smallest absolute Gasteiger partial charge is 0.0953 e. The Balaban J connectivity index is 2.12. The van der Waals surface area contributed by atoms with Crippen LogP contribution in [-0.4, -0.2) is 6.04 Å². The molecule has 2 bridgehead atoms. The molecule has 0 amide bonds. The quantitative estimate of drug-likeness (QED) is 0.512. The van der Waals surface area contributed by atoms with E-state index >= 15 is 0 Å².